The first-order valence-electron chi connectivity index (χ1n) is 6.53. The van der Waals surface area contributed by atoms with Crippen LogP contribution in [0.15, 0.2) is 40.9 Å². The van der Waals surface area contributed by atoms with E-state index in [1.54, 1.807) is 12.1 Å². The van der Waals surface area contributed by atoms with Gasteiger partial charge in [-0.1, -0.05) is 57.3 Å². The summed E-state index contributed by atoms with van der Waals surface area (Å²) in [7, 11) is 0. The summed E-state index contributed by atoms with van der Waals surface area (Å²) in [4.78, 5) is 0. The van der Waals surface area contributed by atoms with Gasteiger partial charge in [0.25, 0.3) is 0 Å². The molecule has 0 spiro atoms. The Morgan fingerprint density at radius 2 is 1.90 bits per heavy atom. The Hall–Kier alpha value is -0.580. The van der Waals surface area contributed by atoms with Crippen LogP contribution in [0.1, 0.15) is 28.7 Å². The van der Waals surface area contributed by atoms with E-state index in [-0.39, 0.29) is 12.5 Å². The van der Waals surface area contributed by atoms with Crippen molar-refractivity contribution in [3.05, 3.63) is 67.6 Å². The maximum atomic E-state index is 10.7. The molecule has 3 N–H and O–H groups in total. The van der Waals surface area contributed by atoms with Crippen molar-refractivity contribution in [3.8, 4) is 0 Å². The van der Waals surface area contributed by atoms with Crippen LogP contribution in [0.3, 0.4) is 0 Å². The maximum Gasteiger partial charge on any atom is 0.0874 e. The van der Waals surface area contributed by atoms with Gasteiger partial charge in [-0.3, -0.25) is 0 Å². The van der Waals surface area contributed by atoms with Crippen LogP contribution >= 0.6 is 39.1 Å². The minimum Gasteiger partial charge on any atom is -0.388 e. The van der Waals surface area contributed by atoms with Crippen LogP contribution < -0.4 is 5.73 Å². The van der Waals surface area contributed by atoms with Crippen molar-refractivity contribution in [2.24, 2.45) is 5.73 Å². The van der Waals surface area contributed by atoms with Gasteiger partial charge in [-0.2, -0.15) is 0 Å². The molecule has 0 aliphatic heterocycles. The van der Waals surface area contributed by atoms with E-state index in [0.29, 0.717) is 10.0 Å². The Labute approximate surface area is 143 Å². The molecule has 0 fully saturated rings. The van der Waals surface area contributed by atoms with Gasteiger partial charge in [-0.25, -0.2) is 0 Å². The summed E-state index contributed by atoms with van der Waals surface area (Å²) >= 11 is 15.6. The summed E-state index contributed by atoms with van der Waals surface area (Å²) < 4.78 is 0.956. The predicted molar refractivity (Wildman–Crippen MR) is 92.1 cm³/mol. The van der Waals surface area contributed by atoms with Crippen LogP contribution in [0, 0.1) is 6.92 Å². The van der Waals surface area contributed by atoms with Gasteiger partial charge >= 0.3 is 0 Å². The largest absolute Gasteiger partial charge is 0.388 e. The monoisotopic (exact) mass is 387 g/mol. The molecule has 0 bridgehead atoms. The average Bonchev–Trinajstić information content (AvgIpc) is 2.44. The van der Waals surface area contributed by atoms with Crippen LogP contribution in [-0.4, -0.2) is 11.7 Å². The fourth-order valence-electron chi connectivity index (χ4n) is 2.39. The number of hydrogen-bond acceptors (Lipinski definition) is 2. The Morgan fingerprint density at radius 3 is 2.52 bits per heavy atom. The first-order chi connectivity index (χ1) is 9.95. The molecule has 0 aliphatic carbocycles. The SMILES string of the molecule is Cc1c(Br)cccc1C(O)C(CN)c1ccc(Cl)cc1Cl. The zero-order chi connectivity index (χ0) is 15.6. The minimum absolute atomic E-state index is 0.286. The summed E-state index contributed by atoms with van der Waals surface area (Å²) in [6.07, 6.45) is -0.730. The van der Waals surface area contributed by atoms with Crippen molar-refractivity contribution in [3.63, 3.8) is 0 Å². The van der Waals surface area contributed by atoms with Crippen molar-refractivity contribution < 1.29 is 5.11 Å². The van der Waals surface area contributed by atoms with Crippen LogP contribution in [0.4, 0.5) is 0 Å². The molecule has 2 aromatic carbocycles. The lowest BCUT2D eigenvalue weighted by Gasteiger charge is -2.25. The van der Waals surface area contributed by atoms with E-state index in [2.05, 4.69) is 15.9 Å². The molecule has 0 aromatic heterocycles. The Balaban J connectivity index is 2.43. The third-order valence-corrected chi connectivity index (χ3v) is 5.05. The summed E-state index contributed by atoms with van der Waals surface area (Å²) in [5, 5.41) is 11.8. The van der Waals surface area contributed by atoms with Gasteiger partial charge in [0.1, 0.15) is 0 Å². The Bertz CT molecular complexity index is 648. The number of aliphatic hydroxyl groups is 1. The van der Waals surface area contributed by atoms with Gasteiger partial charge in [0.15, 0.2) is 0 Å². The summed E-state index contributed by atoms with van der Waals surface area (Å²) in [5.41, 5.74) is 8.51. The predicted octanol–water partition coefficient (Wildman–Crippen LogP) is 4.84. The summed E-state index contributed by atoms with van der Waals surface area (Å²) in [6.45, 7) is 2.24. The lowest BCUT2D eigenvalue weighted by Crippen LogP contribution is -2.21. The van der Waals surface area contributed by atoms with Crippen molar-refractivity contribution in [1.29, 1.82) is 0 Å². The van der Waals surface area contributed by atoms with Crippen molar-refractivity contribution >= 4 is 39.1 Å². The molecule has 0 amide bonds. The lowest BCUT2D eigenvalue weighted by atomic mass is 9.87. The fourth-order valence-corrected chi connectivity index (χ4v) is 3.32. The maximum absolute atomic E-state index is 10.7. The number of benzene rings is 2. The molecule has 0 saturated heterocycles. The highest BCUT2D eigenvalue weighted by atomic mass is 79.9. The number of nitrogens with two attached hydrogens (primary N) is 1. The summed E-state index contributed by atoms with van der Waals surface area (Å²) in [5.74, 6) is -0.289. The van der Waals surface area contributed by atoms with Crippen LogP contribution in [-0.2, 0) is 0 Å². The smallest absolute Gasteiger partial charge is 0.0874 e. The van der Waals surface area contributed by atoms with E-state index in [1.807, 2.05) is 31.2 Å². The van der Waals surface area contributed by atoms with Crippen molar-refractivity contribution in [1.82, 2.24) is 0 Å². The number of rotatable bonds is 4. The molecule has 2 nitrogen and oxygen atoms in total. The average molecular weight is 389 g/mol. The second-order valence-corrected chi connectivity index (χ2v) is 6.60. The summed E-state index contributed by atoms with van der Waals surface area (Å²) in [6, 6.07) is 11.0. The van der Waals surface area contributed by atoms with Gasteiger partial charge in [0, 0.05) is 27.0 Å². The number of aliphatic hydroxyl groups excluding tert-OH is 1. The molecule has 2 aromatic rings. The second kappa shape index (κ2) is 7.12. The Kier molecular flexibility index (Phi) is 5.69. The third kappa shape index (κ3) is 3.61. The minimum atomic E-state index is -0.730. The molecular formula is C16H16BrCl2NO. The molecule has 2 rings (SSSR count). The highest BCUT2D eigenvalue weighted by Gasteiger charge is 2.25. The van der Waals surface area contributed by atoms with E-state index in [1.165, 1.54) is 0 Å². The molecule has 5 heteroatoms. The molecule has 2 atom stereocenters. The molecule has 0 radical (unpaired) electrons. The van der Waals surface area contributed by atoms with Gasteiger partial charge in [-0.05, 0) is 41.8 Å². The van der Waals surface area contributed by atoms with Crippen LogP contribution in [0.25, 0.3) is 0 Å². The van der Waals surface area contributed by atoms with E-state index < -0.39 is 6.10 Å². The fraction of sp³-hybridized carbons (Fsp3) is 0.250. The molecule has 0 aliphatic rings. The standard InChI is InChI=1S/C16H16BrCl2NO/c1-9-11(3-2-4-14(9)17)16(21)13(8-20)12-6-5-10(18)7-15(12)19/h2-7,13,16,21H,8,20H2,1H3. The lowest BCUT2D eigenvalue weighted by molar-refractivity contribution is 0.146. The van der Waals surface area contributed by atoms with Crippen LogP contribution in [0.5, 0.6) is 0 Å². The number of halogens is 3. The number of hydrogen-bond donors (Lipinski definition) is 2. The molecule has 0 saturated carbocycles. The third-order valence-electron chi connectivity index (χ3n) is 3.63. The van der Waals surface area contributed by atoms with E-state index in [9.17, 15) is 5.11 Å². The highest BCUT2D eigenvalue weighted by Crippen LogP contribution is 2.37. The van der Waals surface area contributed by atoms with Gasteiger partial charge in [0.2, 0.25) is 0 Å². The van der Waals surface area contributed by atoms with E-state index in [4.69, 9.17) is 28.9 Å². The second-order valence-electron chi connectivity index (χ2n) is 4.91. The normalized spacial score (nSPS) is 14.0. The first kappa shape index (κ1) is 16.8. The first-order valence-corrected chi connectivity index (χ1v) is 8.08. The Morgan fingerprint density at radius 1 is 1.19 bits per heavy atom. The highest BCUT2D eigenvalue weighted by molar-refractivity contribution is 9.10. The van der Waals surface area contributed by atoms with Gasteiger partial charge in [-0.15, -0.1) is 0 Å². The molecule has 21 heavy (non-hydrogen) atoms. The molecule has 112 valence electrons. The van der Waals surface area contributed by atoms with Crippen molar-refractivity contribution in [2.45, 2.75) is 18.9 Å². The molecule has 2 unspecified atom stereocenters. The van der Waals surface area contributed by atoms with Crippen LogP contribution in [0.2, 0.25) is 10.0 Å². The zero-order valence-electron chi connectivity index (χ0n) is 11.5. The molecule has 0 heterocycles. The van der Waals surface area contributed by atoms with Gasteiger partial charge < -0.3 is 10.8 Å². The van der Waals surface area contributed by atoms with Gasteiger partial charge in [0.05, 0.1) is 6.10 Å². The topological polar surface area (TPSA) is 46.2 Å². The van der Waals surface area contributed by atoms with Crippen molar-refractivity contribution in [2.75, 3.05) is 6.54 Å². The quantitative estimate of drug-likeness (QED) is 0.786. The van der Waals surface area contributed by atoms with E-state index in [0.717, 1.165) is 21.2 Å². The zero-order valence-corrected chi connectivity index (χ0v) is 14.6. The molecular weight excluding hydrogens is 373 g/mol. The van der Waals surface area contributed by atoms with E-state index >= 15 is 0 Å².